The number of rotatable bonds is 5. The lowest BCUT2D eigenvalue weighted by molar-refractivity contribution is 0.557. The van der Waals surface area contributed by atoms with Crippen molar-refractivity contribution in [2.24, 2.45) is 0 Å². The minimum absolute atomic E-state index is 0.303. The Morgan fingerprint density at radius 1 is 1.21 bits per heavy atom. The van der Waals surface area contributed by atoms with Crippen molar-refractivity contribution in [3.05, 3.63) is 56.2 Å². The third-order valence-corrected chi connectivity index (χ3v) is 5.21. The van der Waals surface area contributed by atoms with E-state index in [4.69, 9.17) is 11.6 Å². The van der Waals surface area contributed by atoms with E-state index in [1.165, 1.54) is 21.6 Å². The van der Waals surface area contributed by atoms with Crippen LogP contribution in [0.2, 0.25) is 5.02 Å². The number of benzene rings is 1. The van der Waals surface area contributed by atoms with Gasteiger partial charge in [-0.25, -0.2) is 0 Å². The van der Waals surface area contributed by atoms with E-state index in [1.54, 1.807) is 11.3 Å². The molecule has 0 aliphatic heterocycles. The van der Waals surface area contributed by atoms with Gasteiger partial charge in [-0.2, -0.15) is 0 Å². The van der Waals surface area contributed by atoms with Crippen LogP contribution in [0.4, 0.5) is 0 Å². The number of halogens is 1. The number of thiophene rings is 1. The fraction of sp³-hybridized carbons (Fsp3) is 0.375. The molecule has 2 rings (SSSR count). The molecule has 1 nitrogen and oxygen atoms in total. The van der Waals surface area contributed by atoms with Crippen LogP contribution in [-0.4, -0.2) is 6.54 Å². The summed E-state index contributed by atoms with van der Waals surface area (Å²) in [4.78, 5) is 1.25. The average Bonchev–Trinajstić information content (AvgIpc) is 2.72. The molecule has 0 spiro atoms. The van der Waals surface area contributed by atoms with Crippen LogP contribution in [0.25, 0.3) is 0 Å². The molecule has 0 saturated heterocycles. The van der Waals surface area contributed by atoms with E-state index < -0.39 is 0 Å². The summed E-state index contributed by atoms with van der Waals surface area (Å²) >= 11 is 8.17. The molecule has 1 heterocycles. The molecule has 1 N–H and O–H groups in total. The van der Waals surface area contributed by atoms with Crippen LogP contribution in [-0.2, 0) is 6.42 Å². The van der Waals surface area contributed by atoms with E-state index in [0.29, 0.717) is 6.04 Å². The third-order valence-electron chi connectivity index (χ3n) is 3.38. The lowest BCUT2D eigenvalue weighted by Gasteiger charge is -2.18. The van der Waals surface area contributed by atoms with E-state index in [1.807, 2.05) is 0 Å². The highest BCUT2D eigenvalue weighted by atomic mass is 35.5. The summed E-state index contributed by atoms with van der Waals surface area (Å²) in [5, 5.41) is 6.61. The van der Waals surface area contributed by atoms with Crippen molar-refractivity contribution in [2.45, 2.75) is 33.2 Å². The number of hydrogen-bond donors (Lipinski definition) is 1. The maximum atomic E-state index is 6.42. The molecule has 0 fully saturated rings. The van der Waals surface area contributed by atoms with E-state index in [0.717, 1.165) is 18.0 Å². The molecule has 3 heteroatoms. The molecule has 0 aliphatic rings. The minimum atomic E-state index is 0.303. The van der Waals surface area contributed by atoms with Crippen LogP contribution in [0.5, 0.6) is 0 Å². The first-order valence-corrected chi connectivity index (χ1v) is 7.90. The molecule has 1 atom stereocenters. The molecule has 0 radical (unpaired) electrons. The van der Waals surface area contributed by atoms with Gasteiger partial charge in [-0.15, -0.1) is 11.3 Å². The molecule has 1 aromatic heterocycles. The van der Waals surface area contributed by atoms with Gasteiger partial charge in [0.1, 0.15) is 0 Å². The highest BCUT2D eigenvalue weighted by Gasteiger charge is 2.18. The molecule has 19 heavy (non-hydrogen) atoms. The van der Waals surface area contributed by atoms with Crippen LogP contribution in [0, 0.1) is 13.8 Å². The Kier molecular flexibility index (Phi) is 5.03. The van der Waals surface area contributed by atoms with Gasteiger partial charge in [-0.3, -0.25) is 0 Å². The van der Waals surface area contributed by atoms with Gasteiger partial charge in [0.25, 0.3) is 0 Å². The fourth-order valence-electron chi connectivity index (χ4n) is 2.25. The van der Waals surface area contributed by atoms with Gasteiger partial charge < -0.3 is 5.32 Å². The first-order valence-electron chi connectivity index (χ1n) is 6.64. The van der Waals surface area contributed by atoms with Crippen LogP contribution in [0.15, 0.2) is 29.6 Å². The first-order chi connectivity index (χ1) is 9.13. The molecular weight excluding hydrogens is 274 g/mol. The largest absolute Gasteiger partial charge is 0.309 e. The van der Waals surface area contributed by atoms with Gasteiger partial charge in [0, 0.05) is 10.9 Å². The Balaban J connectivity index is 2.26. The van der Waals surface area contributed by atoms with Crippen molar-refractivity contribution in [1.29, 1.82) is 0 Å². The second kappa shape index (κ2) is 6.56. The van der Waals surface area contributed by atoms with Gasteiger partial charge in [0.05, 0.1) is 5.02 Å². The zero-order valence-electron chi connectivity index (χ0n) is 11.7. The Hall–Kier alpha value is -0.830. The first kappa shape index (κ1) is 14.6. The Morgan fingerprint density at radius 2 is 1.95 bits per heavy atom. The second-order valence-corrected chi connectivity index (χ2v) is 6.13. The van der Waals surface area contributed by atoms with Gasteiger partial charge in [-0.1, -0.05) is 42.8 Å². The summed E-state index contributed by atoms with van der Waals surface area (Å²) in [5.41, 5.74) is 3.90. The van der Waals surface area contributed by atoms with Crippen molar-refractivity contribution >= 4 is 22.9 Å². The van der Waals surface area contributed by atoms with Crippen LogP contribution in [0.1, 0.15) is 34.5 Å². The number of likely N-dealkylation sites (N-methyl/N-ethyl adjacent to an activating group) is 1. The summed E-state index contributed by atoms with van der Waals surface area (Å²) in [5.74, 6) is 0. The SMILES string of the molecule is CCNC(Cc1ccccc1C)c1scc(C)c1Cl. The molecule has 2 aromatic rings. The Bertz CT molecular complexity index is 547. The van der Waals surface area contributed by atoms with Gasteiger partial charge in [0.15, 0.2) is 0 Å². The van der Waals surface area contributed by atoms with Crippen molar-refractivity contribution in [3.8, 4) is 0 Å². The fourth-order valence-corrected chi connectivity index (χ4v) is 3.65. The van der Waals surface area contributed by atoms with Crippen molar-refractivity contribution in [2.75, 3.05) is 6.54 Å². The summed E-state index contributed by atoms with van der Waals surface area (Å²) in [6.45, 7) is 7.32. The second-order valence-electron chi connectivity index (χ2n) is 4.84. The number of nitrogens with one attached hydrogen (secondary N) is 1. The quantitative estimate of drug-likeness (QED) is 0.826. The van der Waals surface area contributed by atoms with Crippen LogP contribution in [0.3, 0.4) is 0 Å². The summed E-state index contributed by atoms with van der Waals surface area (Å²) in [7, 11) is 0. The van der Waals surface area contributed by atoms with E-state index in [9.17, 15) is 0 Å². The predicted molar refractivity (Wildman–Crippen MR) is 85.4 cm³/mol. The molecule has 1 unspecified atom stereocenters. The third kappa shape index (κ3) is 3.38. The van der Waals surface area contributed by atoms with E-state index in [2.05, 4.69) is 55.7 Å². The maximum absolute atomic E-state index is 6.42. The molecule has 102 valence electrons. The minimum Gasteiger partial charge on any atom is -0.309 e. The molecule has 0 bridgehead atoms. The highest BCUT2D eigenvalue weighted by Crippen LogP contribution is 2.34. The Morgan fingerprint density at radius 3 is 2.53 bits per heavy atom. The molecule has 1 aromatic carbocycles. The molecule has 0 amide bonds. The number of hydrogen-bond acceptors (Lipinski definition) is 2. The summed E-state index contributed by atoms with van der Waals surface area (Å²) in [6.07, 6.45) is 0.986. The van der Waals surface area contributed by atoms with E-state index in [-0.39, 0.29) is 0 Å². The van der Waals surface area contributed by atoms with Crippen molar-refractivity contribution in [1.82, 2.24) is 5.32 Å². The number of aryl methyl sites for hydroxylation is 2. The average molecular weight is 294 g/mol. The lowest BCUT2D eigenvalue weighted by Crippen LogP contribution is -2.22. The lowest BCUT2D eigenvalue weighted by atomic mass is 10.00. The monoisotopic (exact) mass is 293 g/mol. The normalized spacial score (nSPS) is 12.6. The van der Waals surface area contributed by atoms with Crippen LogP contribution >= 0.6 is 22.9 Å². The maximum Gasteiger partial charge on any atom is 0.0590 e. The van der Waals surface area contributed by atoms with Gasteiger partial charge in [-0.05, 0) is 48.9 Å². The summed E-state index contributed by atoms with van der Waals surface area (Å²) < 4.78 is 0. The standard InChI is InChI=1S/C16H20ClNS/c1-4-18-14(16-15(17)12(3)10-19-16)9-13-8-6-5-7-11(13)2/h5-8,10,14,18H,4,9H2,1-3H3. The van der Waals surface area contributed by atoms with Crippen molar-refractivity contribution < 1.29 is 0 Å². The van der Waals surface area contributed by atoms with Crippen LogP contribution < -0.4 is 5.32 Å². The topological polar surface area (TPSA) is 12.0 Å². The smallest absolute Gasteiger partial charge is 0.0590 e. The molecule has 0 aliphatic carbocycles. The molecular formula is C16H20ClNS. The Labute approximate surface area is 124 Å². The van der Waals surface area contributed by atoms with Gasteiger partial charge in [0.2, 0.25) is 0 Å². The molecule has 0 saturated carbocycles. The highest BCUT2D eigenvalue weighted by molar-refractivity contribution is 7.10. The zero-order valence-corrected chi connectivity index (χ0v) is 13.2. The summed E-state index contributed by atoms with van der Waals surface area (Å²) in [6, 6.07) is 8.86. The zero-order chi connectivity index (χ0) is 13.8. The van der Waals surface area contributed by atoms with E-state index >= 15 is 0 Å². The van der Waals surface area contributed by atoms with Gasteiger partial charge >= 0.3 is 0 Å². The predicted octanol–water partition coefficient (Wildman–Crippen LogP) is 4.91. The van der Waals surface area contributed by atoms with Crippen molar-refractivity contribution in [3.63, 3.8) is 0 Å².